The summed E-state index contributed by atoms with van der Waals surface area (Å²) in [6, 6.07) is 4.36. The lowest BCUT2D eigenvalue weighted by atomic mass is 10.2. The van der Waals surface area contributed by atoms with Gasteiger partial charge in [-0.1, -0.05) is 15.9 Å². The van der Waals surface area contributed by atoms with Gasteiger partial charge in [-0.2, -0.15) is 0 Å². The van der Waals surface area contributed by atoms with Crippen LogP contribution < -0.4 is 0 Å². The Morgan fingerprint density at radius 3 is 2.64 bits per heavy atom. The van der Waals surface area contributed by atoms with Gasteiger partial charge in [0.2, 0.25) is 3.79 Å². The second kappa shape index (κ2) is 3.62. The Balaban J connectivity index is 3.20. The van der Waals surface area contributed by atoms with E-state index < -0.39 is 5.82 Å². The lowest BCUT2D eigenvalue weighted by molar-refractivity contribution is 0.110. The molecule has 0 amide bonds. The number of rotatable bonds is 1. The third-order valence-corrected chi connectivity index (χ3v) is 2.22. The van der Waals surface area contributed by atoms with Gasteiger partial charge >= 0.3 is 0 Å². The van der Waals surface area contributed by atoms with Crippen LogP contribution in [-0.4, -0.2) is 3.79 Å². The average molecular weight is 329 g/mol. The van der Waals surface area contributed by atoms with Crippen LogP contribution in [0.25, 0.3) is 0 Å². The first kappa shape index (κ1) is 9.12. The van der Waals surface area contributed by atoms with Crippen molar-refractivity contribution in [1.29, 1.82) is 0 Å². The lowest BCUT2D eigenvalue weighted by Gasteiger charge is -1.96. The quantitative estimate of drug-likeness (QED) is 0.571. The molecule has 0 heterocycles. The van der Waals surface area contributed by atoms with Gasteiger partial charge in [0, 0.05) is 27.1 Å². The Hall–Kier alpha value is 0.0300. The Bertz CT molecular complexity index is 300. The molecule has 11 heavy (non-hydrogen) atoms. The van der Waals surface area contributed by atoms with Crippen molar-refractivity contribution in [2.24, 2.45) is 0 Å². The molecule has 1 aromatic rings. The van der Waals surface area contributed by atoms with Crippen molar-refractivity contribution < 1.29 is 9.18 Å². The molecule has 0 spiro atoms. The molecule has 0 radical (unpaired) electrons. The molecule has 0 saturated carbocycles. The van der Waals surface area contributed by atoms with E-state index in [9.17, 15) is 9.18 Å². The van der Waals surface area contributed by atoms with Crippen molar-refractivity contribution in [2.45, 2.75) is 0 Å². The summed E-state index contributed by atoms with van der Waals surface area (Å²) in [4.78, 5) is 10.7. The molecule has 4 heteroatoms. The van der Waals surface area contributed by atoms with Gasteiger partial charge in [-0.25, -0.2) is 4.39 Å². The maximum absolute atomic E-state index is 12.8. The third kappa shape index (κ3) is 2.23. The molecule has 58 valence electrons. The molecule has 0 aliphatic rings. The van der Waals surface area contributed by atoms with Gasteiger partial charge in [0.15, 0.2) is 0 Å². The van der Waals surface area contributed by atoms with Crippen LogP contribution in [0.3, 0.4) is 0 Å². The fourth-order valence-electron chi connectivity index (χ4n) is 0.649. The van der Waals surface area contributed by atoms with Crippen LogP contribution >= 0.6 is 38.5 Å². The highest BCUT2D eigenvalue weighted by atomic mass is 127. The van der Waals surface area contributed by atoms with E-state index in [1.807, 2.05) is 0 Å². The highest BCUT2D eigenvalue weighted by Gasteiger charge is 2.07. The van der Waals surface area contributed by atoms with Crippen LogP contribution in [0, 0.1) is 5.82 Å². The lowest BCUT2D eigenvalue weighted by Crippen LogP contribution is -1.92. The molecule has 0 aromatic heterocycles. The summed E-state index contributed by atoms with van der Waals surface area (Å²) in [7, 11) is 0. The van der Waals surface area contributed by atoms with E-state index in [0.29, 0.717) is 4.47 Å². The molecule has 1 aromatic carbocycles. The van der Waals surface area contributed by atoms with Gasteiger partial charge in [0.1, 0.15) is 5.82 Å². The monoisotopic (exact) mass is 328 g/mol. The highest BCUT2D eigenvalue weighted by molar-refractivity contribution is 14.1. The van der Waals surface area contributed by atoms with Gasteiger partial charge in [-0.05, 0) is 18.2 Å². The molecule has 1 nitrogen and oxygen atoms in total. The van der Waals surface area contributed by atoms with Crippen LogP contribution in [0.4, 0.5) is 4.39 Å². The predicted molar refractivity (Wildman–Crippen MR) is 52.5 cm³/mol. The minimum atomic E-state index is -0.487. The maximum atomic E-state index is 12.8. The molecule has 0 saturated heterocycles. The number of halogens is 3. The zero-order chi connectivity index (χ0) is 8.43. The molecule has 0 bridgehead atoms. The standard InChI is InChI=1S/C7H3BrFIO/c8-4-1-2-5(7(10)11)6(9)3-4/h1-3H. The van der Waals surface area contributed by atoms with Crippen molar-refractivity contribution in [2.75, 3.05) is 0 Å². The average Bonchev–Trinajstić information content (AvgIpc) is 1.85. The molecule has 0 N–H and O–H groups in total. The zero-order valence-electron chi connectivity index (χ0n) is 5.27. The van der Waals surface area contributed by atoms with E-state index >= 15 is 0 Å². The van der Waals surface area contributed by atoms with Gasteiger partial charge in [0.05, 0.1) is 5.56 Å². The Kier molecular flexibility index (Phi) is 3.00. The Morgan fingerprint density at radius 2 is 2.18 bits per heavy atom. The summed E-state index contributed by atoms with van der Waals surface area (Å²) in [5.41, 5.74) is 0.119. The van der Waals surface area contributed by atoms with Gasteiger partial charge in [-0.15, -0.1) is 0 Å². The molecule has 0 atom stereocenters. The number of carbonyl (C=O) groups excluding carboxylic acids is 1. The minimum absolute atomic E-state index is 0.119. The second-order valence-electron chi connectivity index (χ2n) is 1.90. The minimum Gasteiger partial charge on any atom is -0.282 e. The summed E-state index contributed by atoms with van der Waals surface area (Å²) < 4.78 is 13.2. The molecular weight excluding hydrogens is 326 g/mol. The smallest absolute Gasteiger partial charge is 0.225 e. The number of benzene rings is 1. The van der Waals surface area contributed by atoms with E-state index in [1.165, 1.54) is 12.1 Å². The van der Waals surface area contributed by atoms with E-state index in [0.717, 1.165) is 0 Å². The molecule has 0 unspecified atom stereocenters. The first-order chi connectivity index (χ1) is 5.11. The zero-order valence-corrected chi connectivity index (χ0v) is 9.02. The summed E-state index contributed by atoms with van der Waals surface area (Å²) in [6.45, 7) is 0. The Morgan fingerprint density at radius 1 is 1.55 bits per heavy atom. The Labute approximate surface area is 85.3 Å². The van der Waals surface area contributed by atoms with Crippen LogP contribution in [-0.2, 0) is 0 Å². The SMILES string of the molecule is O=C(I)c1ccc(Br)cc1F. The summed E-state index contributed by atoms with van der Waals surface area (Å²) in [6.07, 6.45) is 0. The topological polar surface area (TPSA) is 17.1 Å². The van der Waals surface area contributed by atoms with Gasteiger partial charge in [0.25, 0.3) is 0 Å². The summed E-state index contributed by atoms with van der Waals surface area (Å²) in [5, 5.41) is 0. The van der Waals surface area contributed by atoms with Gasteiger partial charge in [-0.3, -0.25) is 4.79 Å². The first-order valence-electron chi connectivity index (χ1n) is 2.76. The van der Waals surface area contributed by atoms with Crippen LogP contribution in [0.5, 0.6) is 0 Å². The van der Waals surface area contributed by atoms with Crippen LogP contribution in [0.2, 0.25) is 0 Å². The summed E-state index contributed by atoms with van der Waals surface area (Å²) >= 11 is 4.64. The highest BCUT2D eigenvalue weighted by Crippen LogP contribution is 2.17. The van der Waals surface area contributed by atoms with Crippen molar-refractivity contribution in [3.63, 3.8) is 0 Å². The fraction of sp³-hybridized carbons (Fsp3) is 0. The molecule has 0 aliphatic carbocycles. The van der Waals surface area contributed by atoms with Gasteiger partial charge < -0.3 is 0 Å². The van der Waals surface area contributed by atoms with Crippen molar-refractivity contribution in [3.8, 4) is 0 Å². The van der Waals surface area contributed by atoms with Crippen molar-refractivity contribution in [3.05, 3.63) is 34.1 Å². The van der Waals surface area contributed by atoms with E-state index in [4.69, 9.17) is 0 Å². The number of hydrogen-bond acceptors (Lipinski definition) is 1. The van der Waals surface area contributed by atoms with Crippen molar-refractivity contribution in [1.82, 2.24) is 0 Å². The fourth-order valence-corrected chi connectivity index (χ4v) is 1.42. The largest absolute Gasteiger partial charge is 0.282 e. The van der Waals surface area contributed by atoms with Crippen LogP contribution in [0.1, 0.15) is 10.4 Å². The third-order valence-electron chi connectivity index (χ3n) is 1.14. The summed E-state index contributed by atoms with van der Waals surface area (Å²) in [5.74, 6) is -0.487. The first-order valence-corrected chi connectivity index (χ1v) is 4.63. The molecule has 0 aliphatic heterocycles. The van der Waals surface area contributed by atoms with E-state index in [-0.39, 0.29) is 9.35 Å². The van der Waals surface area contributed by atoms with Crippen molar-refractivity contribution >= 4 is 42.3 Å². The number of carbonyl (C=O) groups is 1. The molecule has 1 rings (SSSR count). The second-order valence-corrected chi connectivity index (χ2v) is 3.79. The van der Waals surface area contributed by atoms with Crippen LogP contribution in [0.15, 0.2) is 22.7 Å². The maximum Gasteiger partial charge on any atom is 0.225 e. The van der Waals surface area contributed by atoms with E-state index in [2.05, 4.69) is 15.9 Å². The molecular formula is C7H3BrFIO. The predicted octanol–water partition coefficient (Wildman–Crippen LogP) is 3.16. The molecule has 0 fully saturated rings. The normalized spacial score (nSPS) is 9.73. The van der Waals surface area contributed by atoms with E-state index in [1.54, 1.807) is 28.7 Å². The number of hydrogen-bond donors (Lipinski definition) is 0.